The van der Waals surface area contributed by atoms with Crippen LogP contribution >= 0.6 is 11.6 Å². The fourth-order valence-electron chi connectivity index (χ4n) is 4.97. The molecule has 3 N–H and O–H groups in total. The molecule has 5 nitrogen and oxygen atoms in total. The number of hydrogen-bond donors (Lipinski definition) is 3. The zero-order valence-corrected chi connectivity index (χ0v) is 16.0. The van der Waals surface area contributed by atoms with Crippen molar-refractivity contribution >= 4 is 17.6 Å². The fourth-order valence-corrected chi connectivity index (χ4v) is 5.41. The molecule has 2 saturated heterocycles. The van der Waals surface area contributed by atoms with Gasteiger partial charge in [-0.05, 0) is 62.9 Å². The molecule has 6 heteroatoms. The molecule has 5 unspecified atom stereocenters. The van der Waals surface area contributed by atoms with Gasteiger partial charge in [-0.2, -0.15) is 0 Å². The van der Waals surface area contributed by atoms with Crippen molar-refractivity contribution in [2.24, 2.45) is 5.92 Å². The summed E-state index contributed by atoms with van der Waals surface area (Å²) in [4.78, 5) is 13.9. The highest BCUT2D eigenvalue weighted by atomic mass is 35.5. The average Bonchev–Trinajstić information content (AvgIpc) is 3.05. The molecule has 1 aromatic rings. The molecule has 0 aromatic heterocycles. The highest BCUT2D eigenvalue weighted by Crippen LogP contribution is 2.42. The van der Waals surface area contributed by atoms with E-state index in [1.807, 2.05) is 0 Å². The maximum atomic E-state index is 11.5. The third kappa shape index (κ3) is 3.50. The number of carboxylic acid groups (broad SMARTS) is 1. The van der Waals surface area contributed by atoms with Crippen molar-refractivity contribution in [3.05, 3.63) is 35.4 Å². The molecule has 1 aliphatic carbocycles. The van der Waals surface area contributed by atoms with Crippen LogP contribution in [-0.4, -0.2) is 53.6 Å². The van der Waals surface area contributed by atoms with Gasteiger partial charge >= 0.3 is 5.97 Å². The highest BCUT2D eigenvalue weighted by Gasteiger charge is 2.46. The quantitative estimate of drug-likeness (QED) is 0.706. The van der Waals surface area contributed by atoms with Crippen LogP contribution < -0.4 is 10.9 Å². The molecule has 26 heavy (non-hydrogen) atoms. The van der Waals surface area contributed by atoms with Gasteiger partial charge in [-0.1, -0.05) is 24.3 Å². The number of carbonyl (C=O) groups is 1. The molecule has 5 atom stereocenters. The lowest BCUT2D eigenvalue weighted by Crippen LogP contribution is -2.41. The van der Waals surface area contributed by atoms with Crippen LogP contribution in [0, 0.1) is 5.92 Å². The zero-order valence-electron chi connectivity index (χ0n) is 15.2. The predicted octanol–water partition coefficient (Wildman–Crippen LogP) is 2.53. The minimum atomic E-state index is -0.783. The van der Waals surface area contributed by atoms with Gasteiger partial charge in [0.1, 0.15) is 6.04 Å². The van der Waals surface area contributed by atoms with Crippen LogP contribution in [0.1, 0.15) is 48.6 Å². The van der Waals surface area contributed by atoms with Crippen LogP contribution in [0.3, 0.4) is 0 Å². The lowest BCUT2D eigenvalue weighted by atomic mass is 9.73. The van der Waals surface area contributed by atoms with Crippen molar-refractivity contribution in [3.63, 3.8) is 0 Å². The Labute approximate surface area is 160 Å². The molecule has 2 aliphatic heterocycles. The second-order valence-electron chi connectivity index (χ2n) is 8.21. The molecule has 2 heterocycles. The Balaban J connectivity index is 1.47. The molecule has 142 valence electrons. The van der Waals surface area contributed by atoms with E-state index in [1.165, 1.54) is 37.1 Å². The van der Waals surface area contributed by atoms with Crippen molar-refractivity contribution in [1.29, 1.82) is 0 Å². The summed E-state index contributed by atoms with van der Waals surface area (Å²) in [6, 6.07) is 8.60. The van der Waals surface area contributed by atoms with Crippen LogP contribution in [0.5, 0.6) is 0 Å². The predicted molar refractivity (Wildman–Crippen MR) is 103 cm³/mol. The molecular formula is C20H28ClN3O2. The normalized spacial score (nSPS) is 36.0. The van der Waals surface area contributed by atoms with Crippen LogP contribution in [0.2, 0.25) is 0 Å². The monoisotopic (exact) mass is 377 g/mol. The lowest BCUT2D eigenvalue weighted by Gasteiger charge is -2.36. The van der Waals surface area contributed by atoms with Gasteiger partial charge in [0, 0.05) is 23.3 Å². The molecule has 0 radical (unpaired) electrons. The molecule has 0 spiro atoms. The Kier molecular flexibility index (Phi) is 5.24. The number of nitrogens with zero attached hydrogens (tertiary/aromatic N) is 1. The van der Waals surface area contributed by atoms with E-state index in [0.29, 0.717) is 5.92 Å². The first-order chi connectivity index (χ1) is 12.5. The van der Waals surface area contributed by atoms with E-state index in [0.717, 1.165) is 12.8 Å². The van der Waals surface area contributed by atoms with Gasteiger partial charge in [0.25, 0.3) is 0 Å². The number of rotatable bonds is 3. The summed E-state index contributed by atoms with van der Waals surface area (Å²) in [6.07, 6.45) is 4.05. The molecule has 0 bridgehead atoms. The summed E-state index contributed by atoms with van der Waals surface area (Å²) in [5.41, 5.74) is 8.73. The minimum Gasteiger partial charge on any atom is -0.480 e. The van der Waals surface area contributed by atoms with Crippen molar-refractivity contribution in [2.75, 3.05) is 20.1 Å². The number of likely N-dealkylation sites (tertiary alicyclic amines) is 1. The molecule has 0 amide bonds. The van der Waals surface area contributed by atoms with Gasteiger partial charge < -0.3 is 10.0 Å². The van der Waals surface area contributed by atoms with Gasteiger partial charge in [-0.25, -0.2) is 5.43 Å². The van der Waals surface area contributed by atoms with Crippen molar-refractivity contribution in [3.8, 4) is 0 Å². The first kappa shape index (κ1) is 18.2. The second-order valence-corrected chi connectivity index (χ2v) is 8.77. The number of fused-ring (bicyclic) bond motifs is 1. The third-order valence-corrected chi connectivity index (χ3v) is 7.11. The Morgan fingerprint density at radius 2 is 1.77 bits per heavy atom. The van der Waals surface area contributed by atoms with Gasteiger partial charge in [0.2, 0.25) is 0 Å². The third-order valence-electron chi connectivity index (χ3n) is 6.63. The summed E-state index contributed by atoms with van der Waals surface area (Å²) < 4.78 is 0. The first-order valence-corrected chi connectivity index (χ1v) is 10.1. The van der Waals surface area contributed by atoms with Gasteiger partial charge in [-0.15, -0.1) is 11.6 Å². The van der Waals surface area contributed by atoms with Crippen LogP contribution in [-0.2, 0) is 4.79 Å². The van der Waals surface area contributed by atoms with Crippen molar-refractivity contribution in [1.82, 2.24) is 15.8 Å². The lowest BCUT2D eigenvalue weighted by molar-refractivity contribution is -0.140. The van der Waals surface area contributed by atoms with Crippen molar-refractivity contribution < 1.29 is 9.90 Å². The zero-order chi connectivity index (χ0) is 18.3. The smallest absolute Gasteiger partial charge is 0.322 e. The van der Waals surface area contributed by atoms with E-state index < -0.39 is 12.0 Å². The Morgan fingerprint density at radius 3 is 2.42 bits per heavy atom. The molecule has 3 fully saturated rings. The van der Waals surface area contributed by atoms with E-state index in [4.69, 9.17) is 11.6 Å². The Bertz CT molecular complexity index is 645. The number of nitrogens with one attached hydrogen (secondary N) is 2. The van der Waals surface area contributed by atoms with Gasteiger partial charge in [-0.3, -0.25) is 10.2 Å². The van der Waals surface area contributed by atoms with E-state index in [9.17, 15) is 9.90 Å². The largest absolute Gasteiger partial charge is 0.480 e. The van der Waals surface area contributed by atoms with E-state index >= 15 is 0 Å². The highest BCUT2D eigenvalue weighted by molar-refractivity contribution is 6.21. The Morgan fingerprint density at radius 1 is 1.12 bits per heavy atom. The number of hydrazine groups is 1. The maximum absolute atomic E-state index is 11.5. The maximum Gasteiger partial charge on any atom is 0.322 e. The summed E-state index contributed by atoms with van der Waals surface area (Å²) in [7, 11) is 2.19. The SMILES string of the molecule is CN1CCC(c2ccc(C3CC4C(CC3Cl)NNC4C(=O)O)cc2)CC1. The fraction of sp³-hybridized carbons (Fsp3) is 0.650. The summed E-state index contributed by atoms with van der Waals surface area (Å²) >= 11 is 6.69. The van der Waals surface area contributed by atoms with E-state index in [1.54, 1.807) is 0 Å². The molecular weight excluding hydrogens is 350 g/mol. The number of piperidine rings is 1. The number of alkyl halides is 1. The summed E-state index contributed by atoms with van der Waals surface area (Å²) in [5.74, 6) is 0.172. The number of carboxylic acids is 1. The average molecular weight is 378 g/mol. The van der Waals surface area contributed by atoms with Crippen molar-refractivity contribution in [2.45, 2.75) is 55.0 Å². The van der Waals surface area contributed by atoms with Gasteiger partial charge in [0.15, 0.2) is 0 Å². The number of hydrogen-bond acceptors (Lipinski definition) is 4. The summed E-state index contributed by atoms with van der Waals surface area (Å²) in [5, 5.41) is 9.47. The van der Waals surface area contributed by atoms with Crippen LogP contribution in [0.25, 0.3) is 0 Å². The minimum absolute atomic E-state index is 0.0345. The topological polar surface area (TPSA) is 64.6 Å². The number of benzene rings is 1. The van der Waals surface area contributed by atoms with E-state index in [2.05, 4.69) is 47.1 Å². The Hall–Kier alpha value is -1.14. The molecule has 1 saturated carbocycles. The number of halogens is 1. The standard InChI is InChI=1S/C20H28ClN3O2/c1-24-8-6-13(7-9-24)12-2-4-14(5-3-12)15-10-16-18(11-17(15)21)22-23-19(16)20(25)26/h2-5,13,15-19,22-23H,6-11H2,1H3,(H,25,26). The molecule has 4 rings (SSSR count). The van der Waals surface area contributed by atoms with Gasteiger partial charge in [0.05, 0.1) is 0 Å². The van der Waals surface area contributed by atoms with Crippen LogP contribution in [0.15, 0.2) is 24.3 Å². The van der Waals surface area contributed by atoms with E-state index in [-0.39, 0.29) is 23.3 Å². The summed E-state index contributed by atoms with van der Waals surface area (Å²) in [6.45, 7) is 2.33. The second kappa shape index (κ2) is 7.47. The van der Waals surface area contributed by atoms with Crippen LogP contribution in [0.4, 0.5) is 0 Å². The molecule has 3 aliphatic rings. The number of aliphatic carboxylic acids is 1. The first-order valence-electron chi connectivity index (χ1n) is 9.69. The molecule has 1 aromatic carbocycles.